The third-order valence-electron chi connectivity index (χ3n) is 1.40. The van der Waals surface area contributed by atoms with Gasteiger partial charge in [-0.2, -0.15) is 8.42 Å². The lowest BCUT2D eigenvalue weighted by Gasteiger charge is -2.18. The van der Waals surface area contributed by atoms with Crippen molar-refractivity contribution in [2.45, 2.75) is 24.7 Å². The summed E-state index contributed by atoms with van der Waals surface area (Å²) in [5.41, 5.74) is 5.09. The van der Waals surface area contributed by atoms with Gasteiger partial charge >= 0.3 is 0 Å². The van der Waals surface area contributed by atoms with Crippen molar-refractivity contribution in [1.29, 1.82) is 0 Å². The first-order chi connectivity index (χ1) is 4.81. The molecule has 68 valence electrons. The van der Waals surface area contributed by atoms with Gasteiger partial charge in [0.05, 0.1) is 0 Å². The molecule has 0 amide bonds. The molecule has 0 rings (SSSR count). The molecule has 0 radical (unpaired) electrons. The van der Waals surface area contributed by atoms with Crippen LogP contribution in [0.15, 0.2) is 0 Å². The van der Waals surface area contributed by atoms with E-state index in [9.17, 15) is 8.42 Å². The second-order valence-electron chi connectivity index (χ2n) is 2.54. The molecule has 6 heteroatoms. The fourth-order valence-corrected chi connectivity index (χ4v) is 0.961. The molecule has 0 aliphatic rings. The average molecular weight is 183 g/mol. The minimum atomic E-state index is -4.37. The van der Waals surface area contributed by atoms with Crippen molar-refractivity contribution < 1.29 is 18.1 Å². The van der Waals surface area contributed by atoms with Crippen LogP contribution < -0.4 is 5.73 Å². The Morgan fingerprint density at radius 3 is 2.27 bits per heavy atom. The second kappa shape index (κ2) is 3.48. The van der Waals surface area contributed by atoms with Crippen LogP contribution in [-0.4, -0.2) is 29.6 Å². The van der Waals surface area contributed by atoms with Gasteiger partial charge in [0.15, 0.2) is 4.93 Å². The maximum atomic E-state index is 10.4. The summed E-state index contributed by atoms with van der Waals surface area (Å²) in [4.78, 5) is -2.06. The zero-order valence-corrected chi connectivity index (χ0v) is 7.13. The third-order valence-corrected chi connectivity index (χ3v) is 2.72. The molecule has 0 spiro atoms. The van der Waals surface area contributed by atoms with E-state index in [1.807, 2.05) is 0 Å². The van der Waals surface area contributed by atoms with E-state index in [2.05, 4.69) is 0 Å². The van der Waals surface area contributed by atoms with Crippen molar-refractivity contribution >= 4 is 10.1 Å². The lowest BCUT2D eigenvalue weighted by molar-refractivity contribution is 0.121. The van der Waals surface area contributed by atoms with Crippen molar-refractivity contribution in [2.24, 2.45) is 5.73 Å². The molecule has 11 heavy (non-hydrogen) atoms. The van der Waals surface area contributed by atoms with Gasteiger partial charge in [-0.1, -0.05) is 0 Å². The number of hydrogen-bond acceptors (Lipinski definition) is 4. The summed E-state index contributed by atoms with van der Waals surface area (Å²) in [5, 5.41) is 9.09. The summed E-state index contributed by atoms with van der Waals surface area (Å²) in [6, 6.07) is 0. The van der Waals surface area contributed by atoms with Crippen LogP contribution in [0, 0.1) is 0 Å². The standard InChI is InChI=1S/C5H13NO4S/c1-5(7,3-2-4-6)11(8,9)10/h7H,2-4,6H2,1H3,(H,8,9,10). The molecular weight excluding hydrogens is 170 g/mol. The highest BCUT2D eigenvalue weighted by molar-refractivity contribution is 7.87. The zero-order valence-electron chi connectivity index (χ0n) is 6.32. The first kappa shape index (κ1) is 10.8. The molecular formula is C5H13NO4S. The summed E-state index contributed by atoms with van der Waals surface area (Å²) in [6.45, 7) is 1.32. The van der Waals surface area contributed by atoms with Gasteiger partial charge in [0.1, 0.15) is 0 Å². The lowest BCUT2D eigenvalue weighted by Crippen LogP contribution is -2.35. The first-order valence-corrected chi connectivity index (χ1v) is 4.65. The smallest absolute Gasteiger partial charge is 0.294 e. The van der Waals surface area contributed by atoms with E-state index in [1.165, 1.54) is 0 Å². The Balaban J connectivity index is 4.24. The van der Waals surface area contributed by atoms with Crippen LogP contribution in [0.2, 0.25) is 0 Å². The summed E-state index contributed by atoms with van der Waals surface area (Å²) >= 11 is 0. The predicted molar refractivity (Wildman–Crippen MR) is 40.5 cm³/mol. The minimum Gasteiger partial charge on any atom is -0.373 e. The van der Waals surface area contributed by atoms with E-state index in [0.29, 0.717) is 6.42 Å². The summed E-state index contributed by atoms with van der Waals surface area (Å²) in [5.74, 6) is 0. The Morgan fingerprint density at radius 2 is 2.00 bits per heavy atom. The maximum Gasteiger partial charge on any atom is 0.294 e. The van der Waals surface area contributed by atoms with E-state index in [4.69, 9.17) is 15.4 Å². The highest BCUT2D eigenvalue weighted by atomic mass is 32.2. The number of rotatable bonds is 4. The molecule has 0 fully saturated rings. The Kier molecular flexibility index (Phi) is 3.43. The fourth-order valence-electron chi connectivity index (χ4n) is 0.559. The minimum absolute atomic E-state index is 0.0532. The molecule has 0 aromatic rings. The predicted octanol–water partition coefficient (Wildman–Crippen LogP) is -0.678. The van der Waals surface area contributed by atoms with E-state index in [1.54, 1.807) is 0 Å². The fraction of sp³-hybridized carbons (Fsp3) is 1.00. The molecule has 0 aromatic heterocycles. The van der Waals surface area contributed by atoms with Crippen LogP contribution in [0.4, 0.5) is 0 Å². The van der Waals surface area contributed by atoms with Gasteiger partial charge in [-0.05, 0) is 26.3 Å². The van der Waals surface area contributed by atoms with Crippen LogP contribution in [0.25, 0.3) is 0 Å². The van der Waals surface area contributed by atoms with Crippen molar-refractivity contribution in [3.05, 3.63) is 0 Å². The molecule has 0 saturated heterocycles. The molecule has 4 N–H and O–H groups in total. The summed E-state index contributed by atoms with van der Waals surface area (Å²) in [6.07, 6.45) is 0.301. The van der Waals surface area contributed by atoms with Crippen molar-refractivity contribution in [3.63, 3.8) is 0 Å². The van der Waals surface area contributed by atoms with Crippen LogP contribution in [0.5, 0.6) is 0 Å². The second-order valence-corrected chi connectivity index (χ2v) is 4.37. The molecule has 1 unspecified atom stereocenters. The molecule has 0 heterocycles. The summed E-state index contributed by atoms with van der Waals surface area (Å²) in [7, 11) is -4.37. The molecule has 0 aliphatic heterocycles. The Hall–Kier alpha value is -0.170. The van der Waals surface area contributed by atoms with Gasteiger partial charge in [-0.25, -0.2) is 0 Å². The van der Waals surface area contributed by atoms with Crippen LogP contribution in [-0.2, 0) is 10.1 Å². The third kappa shape index (κ3) is 3.15. The number of hydrogen-bond donors (Lipinski definition) is 3. The van der Waals surface area contributed by atoms with E-state index in [0.717, 1.165) is 6.92 Å². The van der Waals surface area contributed by atoms with Gasteiger partial charge in [0, 0.05) is 0 Å². The molecule has 1 atom stereocenters. The molecule has 5 nitrogen and oxygen atoms in total. The zero-order chi connectivity index (χ0) is 9.12. The SMILES string of the molecule is CC(O)(CCCN)S(=O)(=O)O. The van der Waals surface area contributed by atoms with Crippen LogP contribution >= 0.6 is 0 Å². The van der Waals surface area contributed by atoms with Gasteiger partial charge in [-0.3, -0.25) is 4.55 Å². The Bertz CT molecular complexity index is 209. The quantitative estimate of drug-likeness (QED) is 0.501. The summed E-state index contributed by atoms with van der Waals surface area (Å²) < 4.78 is 29.3. The molecule has 0 aliphatic carbocycles. The number of aliphatic hydroxyl groups is 1. The Morgan fingerprint density at radius 1 is 1.55 bits per heavy atom. The van der Waals surface area contributed by atoms with E-state index < -0.39 is 15.1 Å². The first-order valence-electron chi connectivity index (χ1n) is 3.21. The van der Waals surface area contributed by atoms with Crippen LogP contribution in [0.1, 0.15) is 19.8 Å². The van der Waals surface area contributed by atoms with Gasteiger partial charge in [-0.15, -0.1) is 0 Å². The number of nitrogens with two attached hydrogens (primary N) is 1. The normalized spacial score (nSPS) is 17.8. The van der Waals surface area contributed by atoms with Crippen molar-refractivity contribution in [1.82, 2.24) is 0 Å². The van der Waals surface area contributed by atoms with Gasteiger partial charge < -0.3 is 10.8 Å². The molecule has 0 aromatic carbocycles. The molecule has 0 saturated carbocycles. The average Bonchev–Trinajstić information content (AvgIpc) is 1.81. The molecule has 0 bridgehead atoms. The van der Waals surface area contributed by atoms with Crippen molar-refractivity contribution in [3.8, 4) is 0 Å². The largest absolute Gasteiger partial charge is 0.373 e. The monoisotopic (exact) mass is 183 g/mol. The van der Waals surface area contributed by atoms with Gasteiger partial charge in [0.25, 0.3) is 10.1 Å². The maximum absolute atomic E-state index is 10.4. The van der Waals surface area contributed by atoms with Crippen LogP contribution in [0.3, 0.4) is 0 Å². The highest BCUT2D eigenvalue weighted by Gasteiger charge is 2.34. The van der Waals surface area contributed by atoms with E-state index >= 15 is 0 Å². The topological polar surface area (TPSA) is 101 Å². The van der Waals surface area contributed by atoms with Crippen molar-refractivity contribution in [2.75, 3.05) is 6.54 Å². The van der Waals surface area contributed by atoms with E-state index in [-0.39, 0.29) is 13.0 Å². The highest BCUT2D eigenvalue weighted by Crippen LogP contribution is 2.17. The Labute approximate surface area is 66.0 Å². The van der Waals surface area contributed by atoms with Gasteiger partial charge in [0.2, 0.25) is 0 Å². The lowest BCUT2D eigenvalue weighted by atomic mass is 10.2.